The number of rotatable bonds is 1. The quantitative estimate of drug-likeness (QED) is 0.273. The molecule has 0 bridgehead atoms. The first-order valence-corrected chi connectivity index (χ1v) is 11.2. The number of benzene rings is 4. The molecule has 2 aromatic heterocycles. The maximum absolute atomic E-state index is 13.0. The topological polar surface area (TPSA) is 34.1 Å². The third-order valence-electron chi connectivity index (χ3n) is 5.48. The fourth-order valence-corrected chi connectivity index (χ4v) is 6.07. The van der Waals surface area contributed by atoms with Crippen LogP contribution in [-0.4, -0.2) is 0 Å². The summed E-state index contributed by atoms with van der Waals surface area (Å²) in [6.07, 6.45) is 0. The molecule has 0 radical (unpaired) electrons. The first-order valence-electron chi connectivity index (χ1n) is 9.61. The van der Waals surface area contributed by atoms with Gasteiger partial charge in [-0.05, 0) is 59.7 Å². The van der Waals surface area contributed by atoms with Crippen LogP contribution in [0.4, 0.5) is 0 Å². The number of fused-ring (bicyclic) bond motifs is 4. The van der Waals surface area contributed by atoms with Crippen molar-refractivity contribution in [3.05, 3.63) is 105 Å². The second-order valence-corrected chi connectivity index (χ2v) is 9.44. The van der Waals surface area contributed by atoms with E-state index < -0.39 is 0 Å². The Morgan fingerprint density at radius 3 is 1.30 bits per heavy atom. The van der Waals surface area contributed by atoms with Gasteiger partial charge in [-0.25, -0.2) is 0 Å². The molecule has 0 atom stereocenters. The Morgan fingerprint density at radius 1 is 0.433 bits per heavy atom. The van der Waals surface area contributed by atoms with Gasteiger partial charge in [-0.1, -0.05) is 36.4 Å². The summed E-state index contributed by atoms with van der Waals surface area (Å²) in [6, 6.07) is 27.4. The van der Waals surface area contributed by atoms with Crippen LogP contribution >= 0.6 is 22.7 Å². The highest BCUT2D eigenvalue weighted by Gasteiger charge is 2.10. The molecule has 0 fully saturated rings. The standard InChI is InChI=1S/C26H14O2S2/c27-25-17-5-1-3-7-21(17)29-23-11-9-15(13-19(23)25)16-10-12-24-20(14-16)26(28)18-6-2-4-8-22(18)30-24/h1-14H. The van der Waals surface area contributed by atoms with Crippen LogP contribution in [-0.2, 0) is 0 Å². The Labute approximate surface area is 179 Å². The largest absolute Gasteiger partial charge is 0.289 e. The fourth-order valence-electron chi connectivity index (χ4n) is 3.97. The van der Waals surface area contributed by atoms with Crippen LogP contribution in [0.2, 0.25) is 0 Å². The van der Waals surface area contributed by atoms with Crippen LogP contribution in [0.25, 0.3) is 51.5 Å². The summed E-state index contributed by atoms with van der Waals surface area (Å²) in [6.45, 7) is 0. The average molecular weight is 423 g/mol. The van der Waals surface area contributed by atoms with Crippen molar-refractivity contribution in [2.45, 2.75) is 0 Å². The zero-order valence-electron chi connectivity index (χ0n) is 15.7. The fraction of sp³-hybridized carbons (Fsp3) is 0. The molecule has 6 aromatic rings. The van der Waals surface area contributed by atoms with E-state index >= 15 is 0 Å². The maximum Gasteiger partial charge on any atom is 0.195 e. The van der Waals surface area contributed by atoms with Crippen molar-refractivity contribution in [2.75, 3.05) is 0 Å². The zero-order chi connectivity index (χ0) is 20.2. The Balaban J connectivity index is 1.61. The lowest BCUT2D eigenvalue weighted by Crippen LogP contribution is -2.02. The highest BCUT2D eigenvalue weighted by molar-refractivity contribution is 7.25. The molecule has 4 heteroatoms. The summed E-state index contributed by atoms with van der Waals surface area (Å²) >= 11 is 3.25. The summed E-state index contributed by atoms with van der Waals surface area (Å²) in [7, 11) is 0. The lowest BCUT2D eigenvalue weighted by atomic mass is 10.0. The molecule has 0 spiro atoms. The molecule has 0 unspecified atom stereocenters. The minimum atomic E-state index is 0.0553. The highest BCUT2D eigenvalue weighted by Crippen LogP contribution is 2.31. The minimum absolute atomic E-state index is 0.0553. The molecule has 0 saturated heterocycles. The van der Waals surface area contributed by atoms with Gasteiger partial charge in [-0.2, -0.15) is 0 Å². The monoisotopic (exact) mass is 422 g/mol. The molecular weight excluding hydrogens is 408 g/mol. The third kappa shape index (κ3) is 2.61. The molecule has 0 aliphatic carbocycles. The number of hydrogen-bond donors (Lipinski definition) is 0. The normalized spacial score (nSPS) is 11.6. The van der Waals surface area contributed by atoms with Crippen molar-refractivity contribution < 1.29 is 0 Å². The second kappa shape index (κ2) is 6.59. The van der Waals surface area contributed by atoms with Crippen molar-refractivity contribution in [3.63, 3.8) is 0 Å². The molecule has 2 nitrogen and oxygen atoms in total. The maximum atomic E-state index is 13.0. The predicted octanol–water partition coefficient (Wildman–Crippen LogP) is 6.81. The van der Waals surface area contributed by atoms with Gasteiger partial charge in [0.05, 0.1) is 0 Å². The third-order valence-corrected chi connectivity index (χ3v) is 7.79. The summed E-state index contributed by atoms with van der Waals surface area (Å²) < 4.78 is 3.94. The first kappa shape index (κ1) is 17.5. The van der Waals surface area contributed by atoms with E-state index in [9.17, 15) is 9.59 Å². The van der Waals surface area contributed by atoms with Gasteiger partial charge in [0.2, 0.25) is 0 Å². The summed E-state index contributed by atoms with van der Waals surface area (Å²) in [5.74, 6) is 0. The minimum Gasteiger partial charge on any atom is -0.289 e. The molecule has 0 aliphatic heterocycles. The van der Waals surface area contributed by atoms with Gasteiger partial charge in [0.1, 0.15) is 0 Å². The van der Waals surface area contributed by atoms with E-state index in [2.05, 4.69) is 0 Å². The van der Waals surface area contributed by atoms with Gasteiger partial charge >= 0.3 is 0 Å². The van der Waals surface area contributed by atoms with E-state index in [0.717, 1.165) is 51.5 Å². The Bertz CT molecular complexity index is 1610. The Kier molecular flexibility index (Phi) is 3.85. The van der Waals surface area contributed by atoms with E-state index in [0.29, 0.717) is 0 Å². The van der Waals surface area contributed by atoms with Crippen LogP contribution in [0, 0.1) is 0 Å². The van der Waals surface area contributed by atoms with Gasteiger partial charge < -0.3 is 0 Å². The Hall–Kier alpha value is -3.34. The summed E-state index contributed by atoms with van der Waals surface area (Å²) in [5, 5.41) is 2.95. The smallest absolute Gasteiger partial charge is 0.195 e. The molecule has 30 heavy (non-hydrogen) atoms. The van der Waals surface area contributed by atoms with Gasteiger partial charge in [0.15, 0.2) is 10.9 Å². The summed E-state index contributed by atoms with van der Waals surface area (Å²) in [4.78, 5) is 26.1. The SMILES string of the molecule is O=c1c2ccccc2sc2ccc(-c3ccc4sc5ccccc5c(=O)c4c3)cc12. The highest BCUT2D eigenvalue weighted by atomic mass is 32.1. The van der Waals surface area contributed by atoms with E-state index in [1.807, 2.05) is 84.9 Å². The second-order valence-electron chi connectivity index (χ2n) is 7.28. The van der Waals surface area contributed by atoms with Crippen LogP contribution in [0.1, 0.15) is 0 Å². The van der Waals surface area contributed by atoms with Gasteiger partial charge in [0.25, 0.3) is 0 Å². The molecule has 2 heterocycles. The van der Waals surface area contributed by atoms with Gasteiger partial charge in [-0.15, -0.1) is 22.7 Å². The predicted molar refractivity (Wildman–Crippen MR) is 130 cm³/mol. The van der Waals surface area contributed by atoms with Crippen molar-refractivity contribution >= 4 is 63.0 Å². The molecule has 0 amide bonds. The number of hydrogen-bond acceptors (Lipinski definition) is 4. The lowest BCUT2D eigenvalue weighted by Gasteiger charge is -2.07. The molecular formula is C26H14O2S2. The molecule has 142 valence electrons. The molecule has 6 rings (SSSR count). The molecule has 4 aromatic carbocycles. The Morgan fingerprint density at radius 2 is 0.833 bits per heavy atom. The molecule has 0 saturated carbocycles. The van der Waals surface area contributed by atoms with Crippen LogP contribution < -0.4 is 10.9 Å². The lowest BCUT2D eigenvalue weighted by molar-refractivity contribution is 1.68. The molecule has 0 N–H and O–H groups in total. The zero-order valence-corrected chi connectivity index (χ0v) is 17.3. The van der Waals surface area contributed by atoms with Crippen LogP contribution in [0.3, 0.4) is 0 Å². The van der Waals surface area contributed by atoms with Crippen LogP contribution in [0.5, 0.6) is 0 Å². The summed E-state index contributed by atoms with van der Waals surface area (Å²) in [5.41, 5.74) is 2.00. The van der Waals surface area contributed by atoms with E-state index in [1.54, 1.807) is 22.7 Å². The van der Waals surface area contributed by atoms with E-state index in [4.69, 9.17) is 0 Å². The van der Waals surface area contributed by atoms with Gasteiger partial charge in [0, 0.05) is 40.3 Å². The average Bonchev–Trinajstić information content (AvgIpc) is 2.79. The van der Waals surface area contributed by atoms with Crippen LogP contribution in [0.15, 0.2) is 94.5 Å². The van der Waals surface area contributed by atoms with Crippen molar-refractivity contribution in [1.29, 1.82) is 0 Å². The van der Waals surface area contributed by atoms with E-state index in [-0.39, 0.29) is 10.9 Å². The van der Waals surface area contributed by atoms with E-state index in [1.165, 1.54) is 0 Å². The molecule has 0 aliphatic rings. The van der Waals surface area contributed by atoms with Gasteiger partial charge in [-0.3, -0.25) is 9.59 Å². The van der Waals surface area contributed by atoms with Crippen molar-refractivity contribution in [3.8, 4) is 11.1 Å². The van der Waals surface area contributed by atoms with Crippen molar-refractivity contribution in [2.24, 2.45) is 0 Å². The first-order chi connectivity index (χ1) is 14.7. The van der Waals surface area contributed by atoms with Crippen molar-refractivity contribution in [1.82, 2.24) is 0 Å².